The van der Waals surface area contributed by atoms with E-state index >= 15 is 0 Å². The number of carbonyl (C=O) groups is 2. The number of carboxylic acid groups (broad SMARTS) is 1. The van der Waals surface area contributed by atoms with Crippen LogP contribution >= 0.6 is 0 Å². The van der Waals surface area contributed by atoms with Crippen molar-refractivity contribution < 1.29 is 14.7 Å². The number of nitrogens with zero attached hydrogens (tertiary/aromatic N) is 2. The highest BCUT2D eigenvalue weighted by atomic mass is 16.4. The predicted molar refractivity (Wildman–Crippen MR) is 72.4 cm³/mol. The molecular formula is C14H17N3O3. The molecule has 3 N–H and O–H groups in total. The van der Waals surface area contributed by atoms with E-state index in [0.29, 0.717) is 17.3 Å². The quantitative estimate of drug-likeness (QED) is 0.853. The van der Waals surface area contributed by atoms with Gasteiger partial charge in [-0.15, -0.1) is 0 Å². The summed E-state index contributed by atoms with van der Waals surface area (Å²) in [6, 6.07) is 2.77. The van der Waals surface area contributed by atoms with E-state index in [9.17, 15) is 14.7 Å². The van der Waals surface area contributed by atoms with Gasteiger partial charge in [0.1, 0.15) is 11.9 Å². The number of hydrogen-bond donors (Lipinski definition) is 2. The maximum Gasteiger partial charge on any atom is 0.326 e. The first-order valence-electron chi connectivity index (χ1n) is 6.83. The Balaban J connectivity index is 1.88. The van der Waals surface area contributed by atoms with Gasteiger partial charge in [0.05, 0.1) is 5.56 Å². The van der Waals surface area contributed by atoms with Crippen LogP contribution in [0.2, 0.25) is 0 Å². The summed E-state index contributed by atoms with van der Waals surface area (Å²) < 4.78 is 0. The molecule has 1 aromatic heterocycles. The normalized spacial score (nSPS) is 28.4. The minimum Gasteiger partial charge on any atom is -0.480 e. The first-order chi connectivity index (χ1) is 9.58. The lowest BCUT2D eigenvalue weighted by molar-refractivity contribution is -0.139. The molecule has 3 rings (SSSR count). The number of anilines is 1. The molecule has 20 heavy (non-hydrogen) atoms. The van der Waals surface area contributed by atoms with Crippen molar-refractivity contribution in [2.75, 3.05) is 11.4 Å². The molecule has 0 bridgehead atoms. The number of amides is 1. The van der Waals surface area contributed by atoms with Crippen LogP contribution in [0.4, 0.5) is 5.82 Å². The van der Waals surface area contributed by atoms with Crippen LogP contribution in [0.15, 0.2) is 18.3 Å². The van der Waals surface area contributed by atoms with Gasteiger partial charge in [0.25, 0.3) is 0 Å². The Morgan fingerprint density at radius 2 is 2.15 bits per heavy atom. The lowest BCUT2D eigenvalue weighted by Gasteiger charge is -2.25. The van der Waals surface area contributed by atoms with Gasteiger partial charge in [-0.3, -0.25) is 4.79 Å². The SMILES string of the molecule is NC(=O)c1ccc(N2CC3CCCC3C2C(=O)O)nc1. The largest absolute Gasteiger partial charge is 0.480 e. The van der Waals surface area contributed by atoms with Crippen molar-refractivity contribution in [3.05, 3.63) is 23.9 Å². The zero-order chi connectivity index (χ0) is 14.3. The molecule has 0 aromatic carbocycles. The first kappa shape index (κ1) is 12.9. The number of carboxylic acids is 1. The van der Waals surface area contributed by atoms with E-state index in [0.717, 1.165) is 25.8 Å². The number of nitrogens with two attached hydrogens (primary N) is 1. The van der Waals surface area contributed by atoms with E-state index in [4.69, 9.17) is 5.73 Å². The fourth-order valence-corrected chi connectivity index (χ4v) is 3.56. The van der Waals surface area contributed by atoms with Gasteiger partial charge in [0.15, 0.2) is 0 Å². The Morgan fingerprint density at radius 1 is 1.35 bits per heavy atom. The summed E-state index contributed by atoms with van der Waals surface area (Å²) in [5.41, 5.74) is 5.51. The third kappa shape index (κ3) is 2.01. The van der Waals surface area contributed by atoms with Crippen LogP contribution in [0.5, 0.6) is 0 Å². The topological polar surface area (TPSA) is 96.5 Å². The molecule has 2 fully saturated rings. The van der Waals surface area contributed by atoms with Crippen LogP contribution in [0.3, 0.4) is 0 Å². The second kappa shape index (κ2) is 4.77. The van der Waals surface area contributed by atoms with Crippen molar-refractivity contribution in [1.82, 2.24) is 4.98 Å². The third-order valence-corrected chi connectivity index (χ3v) is 4.47. The monoisotopic (exact) mass is 275 g/mol. The number of aliphatic carboxylic acids is 1. The first-order valence-corrected chi connectivity index (χ1v) is 6.83. The van der Waals surface area contributed by atoms with Crippen molar-refractivity contribution in [2.24, 2.45) is 17.6 Å². The highest BCUT2D eigenvalue weighted by molar-refractivity contribution is 5.92. The van der Waals surface area contributed by atoms with Crippen LogP contribution < -0.4 is 10.6 Å². The summed E-state index contributed by atoms with van der Waals surface area (Å²) in [6.07, 6.45) is 4.58. The molecule has 106 valence electrons. The van der Waals surface area contributed by atoms with Crippen molar-refractivity contribution in [1.29, 1.82) is 0 Å². The number of aromatic nitrogens is 1. The van der Waals surface area contributed by atoms with Gasteiger partial charge < -0.3 is 15.7 Å². The molecule has 1 saturated carbocycles. The molecule has 3 atom stereocenters. The van der Waals surface area contributed by atoms with Gasteiger partial charge in [-0.25, -0.2) is 9.78 Å². The zero-order valence-corrected chi connectivity index (χ0v) is 11.0. The molecule has 2 aliphatic rings. The molecule has 6 heteroatoms. The van der Waals surface area contributed by atoms with E-state index in [1.807, 2.05) is 4.90 Å². The van der Waals surface area contributed by atoms with Gasteiger partial charge in [0.2, 0.25) is 5.91 Å². The minimum atomic E-state index is -0.792. The summed E-state index contributed by atoms with van der Waals surface area (Å²) in [4.78, 5) is 28.7. The number of hydrogen-bond acceptors (Lipinski definition) is 4. The zero-order valence-electron chi connectivity index (χ0n) is 11.0. The number of carbonyl (C=O) groups excluding carboxylic acids is 1. The fraction of sp³-hybridized carbons (Fsp3) is 0.500. The molecule has 1 aliphatic carbocycles. The number of pyridine rings is 1. The number of rotatable bonds is 3. The van der Waals surface area contributed by atoms with Crippen molar-refractivity contribution in [3.63, 3.8) is 0 Å². The number of fused-ring (bicyclic) bond motifs is 1. The van der Waals surface area contributed by atoms with Crippen LogP contribution in [0.25, 0.3) is 0 Å². The van der Waals surface area contributed by atoms with Crippen LogP contribution in [0, 0.1) is 11.8 Å². The third-order valence-electron chi connectivity index (χ3n) is 4.47. The summed E-state index contributed by atoms with van der Waals surface area (Å²) in [7, 11) is 0. The van der Waals surface area contributed by atoms with E-state index in [-0.39, 0.29) is 5.92 Å². The summed E-state index contributed by atoms with van der Waals surface area (Å²) >= 11 is 0. The maximum atomic E-state index is 11.6. The molecule has 3 unspecified atom stereocenters. The maximum absolute atomic E-state index is 11.6. The molecule has 6 nitrogen and oxygen atoms in total. The van der Waals surface area contributed by atoms with E-state index < -0.39 is 17.9 Å². The number of primary amides is 1. The van der Waals surface area contributed by atoms with Gasteiger partial charge in [-0.1, -0.05) is 6.42 Å². The highest BCUT2D eigenvalue weighted by Crippen LogP contribution is 2.43. The summed E-state index contributed by atoms with van der Waals surface area (Å²) in [5, 5.41) is 9.49. The second-order valence-corrected chi connectivity index (χ2v) is 5.56. The van der Waals surface area contributed by atoms with Gasteiger partial charge in [-0.05, 0) is 36.8 Å². The van der Waals surface area contributed by atoms with Crippen LogP contribution in [-0.2, 0) is 4.79 Å². The lowest BCUT2D eigenvalue weighted by Crippen LogP contribution is -2.40. The Labute approximate surface area is 116 Å². The Hall–Kier alpha value is -2.11. The Morgan fingerprint density at radius 3 is 2.75 bits per heavy atom. The van der Waals surface area contributed by atoms with Gasteiger partial charge in [0, 0.05) is 12.7 Å². The average molecular weight is 275 g/mol. The second-order valence-electron chi connectivity index (χ2n) is 5.56. The minimum absolute atomic E-state index is 0.213. The molecule has 1 amide bonds. The molecule has 2 heterocycles. The fourth-order valence-electron chi connectivity index (χ4n) is 3.56. The van der Waals surface area contributed by atoms with Gasteiger partial charge in [-0.2, -0.15) is 0 Å². The lowest BCUT2D eigenvalue weighted by atomic mass is 9.94. The smallest absolute Gasteiger partial charge is 0.326 e. The molecule has 1 aliphatic heterocycles. The van der Waals surface area contributed by atoms with E-state index in [1.165, 1.54) is 6.20 Å². The van der Waals surface area contributed by atoms with E-state index in [1.54, 1.807) is 12.1 Å². The van der Waals surface area contributed by atoms with Crippen molar-refractivity contribution in [3.8, 4) is 0 Å². The van der Waals surface area contributed by atoms with Gasteiger partial charge >= 0.3 is 5.97 Å². The summed E-state index contributed by atoms with van der Waals surface area (Å²) in [6.45, 7) is 0.727. The highest BCUT2D eigenvalue weighted by Gasteiger charge is 2.48. The van der Waals surface area contributed by atoms with Crippen molar-refractivity contribution >= 4 is 17.7 Å². The predicted octanol–water partition coefficient (Wildman–Crippen LogP) is 0.870. The summed E-state index contributed by atoms with van der Waals surface area (Å²) in [5.74, 6) is -0.0621. The van der Waals surface area contributed by atoms with Crippen LogP contribution in [0.1, 0.15) is 29.6 Å². The van der Waals surface area contributed by atoms with Crippen molar-refractivity contribution in [2.45, 2.75) is 25.3 Å². The molecule has 0 spiro atoms. The van der Waals surface area contributed by atoms with Crippen LogP contribution in [-0.4, -0.2) is 34.6 Å². The average Bonchev–Trinajstić information content (AvgIpc) is 2.97. The molecule has 1 aromatic rings. The molecular weight excluding hydrogens is 258 g/mol. The molecule has 0 radical (unpaired) electrons. The Bertz CT molecular complexity index is 543. The van der Waals surface area contributed by atoms with E-state index in [2.05, 4.69) is 4.98 Å². The molecule has 1 saturated heterocycles. The Kier molecular flexibility index (Phi) is 3.08. The standard InChI is InChI=1S/C14H17N3O3/c15-13(18)8-4-5-11(16-6-8)17-7-9-2-1-3-10(9)12(17)14(19)20/h4-6,9-10,12H,1-3,7H2,(H2,15,18)(H,19,20).